The third kappa shape index (κ3) is 2.26. The molecule has 0 aliphatic heterocycles. The normalized spacial score (nSPS) is 8.69. The Hall–Kier alpha value is -2.15. The zero-order chi connectivity index (χ0) is 12.0. The van der Waals surface area contributed by atoms with Crippen molar-refractivity contribution in [3.63, 3.8) is 0 Å². The first-order valence-electron chi connectivity index (χ1n) is 4.57. The molecule has 0 aliphatic rings. The molecule has 0 radical (unpaired) electrons. The number of carbonyl (C=O) groups is 1. The van der Waals surface area contributed by atoms with Crippen molar-refractivity contribution < 1.29 is 19.0 Å². The van der Waals surface area contributed by atoms with Gasteiger partial charge in [-0.25, -0.2) is 0 Å². The molecule has 0 atom stereocenters. The SMILES string of the molecule is CC#COc1c(C=O)ccc(OC)c1OC. The van der Waals surface area contributed by atoms with Gasteiger partial charge < -0.3 is 14.2 Å². The maximum absolute atomic E-state index is 10.8. The molecule has 0 bridgehead atoms. The van der Waals surface area contributed by atoms with E-state index >= 15 is 0 Å². The number of ether oxygens (including phenoxy) is 3. The van der Waals surface area contributed by atoms with E-state index in [2.05, 4.69) is 12.0 Å². The van der Waals surface area contributed by atoms with E-state index in [0.717, 1.165) is 0 Å². The van der Waals surface area contributed by atoms with Gasteiger partial charge in [-0.3, -0.25) is 4.79 Å². The zero-order valence-electron chi connectivity index (χ0n) is 9.37. The Bertz CT molecular complexity index is 440. The highest BCUT2D eigenvalue weighted by Gasteiger charge is 2.15. The van der Waals surface area contributed by atoms with Crippen LogP contribution < -0.4 is 14.2 Å². The molecule has 0 aromatic heterocycles. The second-order valence-corrected chi connectivity index (χ2v) is 2.79. The second-order valence-electron chi connectivity index (χ2n) is 2.79. The van der Waals surface area contributed by atoms with Gasteiger partial charge in [0, 0.05) is 6.92 Å². The van der Waals surface area contributed by atoms with E-state index in [1.807, 2.05) is 0 Å². The van der Waals surface area contributed by atoms with E-state index in [-0.39, 0.29) is 5.75 Å². The Kier molecular flexibility index (Phi) is 4.22. The van der Waals surface area contributed by atoms with Crippen LogP contribution in [0.25, 0.3) is 0 Å². The largest absolute Gasteiger partial charge is 0.493 e. The lowest BCUT2D eigenvalue weighted by Crippen LogP contribution is -1.97. The first kappa shape index (κ1) is 11.9. The van der Waals surface area contributed by atoms with Gasteiger partial charge in [-0.2, -0.15) is 0 Å². The van der Waals surface area contributed by atoms with Crippen molar-refractivity contribution in [2.24, 2.45) is 0 Å². The van der Waals surface area contributed by atoms with Crippen LogP contribution in [0.2, 0.25) is 0 Å². The highest BCUT2D eigenvalue weighted by Crippen LogP contribution is 2.39. The molecule has 0 N–H and O–H groups in total. The number of benzene rings is 1. The average molecular weight is 220 g/mol. The minimum Gasteiger partial charge on any atom is -0.493 e. The van der Waals surface area contributed by atoms with E-state index in [9.17, 15) is 4.79 Å². The monoisotopic (exact) mass is 220 g/mol. The molecule has 4 nitrogen and oxygen atoms in total. The molecule has 16 heavy (non-hydrogen) atoms. The summed E-state index contributed by atoms with van der Waals surface area (Å²) in [7, 11) is 2.98. The number of methoxy groups -OCH3 is 2. The third-order valence-corrected chi connectivity index (χ3v) is 1.91. The summed E-state index contributed by atoms with van der Waals surface area (Å²) in [6, 6.07) is 3.22. The molecule has 84 valence electrons. The van der Waals surface area contributed by atoms with Crippen molar-refractivity contribution in [3.05, 3.63) is 17.7 Å². The summed E-state index contributed by atoms with van der Waals surface area (Å²) in [5.41, 5.74) is 0.361. The number of carbonyl (C=O) groups excluding carboxylic acids is 1. The predicted octanol–water partition coefficient (Wildman–Crippen LogP) is 1.88. The fourth-order valence-corrected chi connectivity index (χ4v) is 1.21. The number of aldehydes is 1. The minimum atomic E-state index is 0.270. The van der Waals surface area contributed by atoms with Crippen LogP contribution >= 0.6 is 0 Å². The van der Waals surface area contributed by atoms with E-state index in [4.69, 9.17) is 14.2 Å². The Morgan fingerprint density at radius 2 is 1.94 bits per heavy atom. The molecular weight excluding hydrogens is 208 g/mol. The maximum atomic E-state index is 10.8. The van der Waals surface area contributed by atoms with Crippen molar-refractivity contribution >= 4 is 6.29 Å². The quantitative estimate of drug-likeness (QED) is 0.574. The van der Waals surface area contributed by atoms with Gasteiger partial charge in [0.25, 0.3) is 0 Å². The molecule has 0 heterocycles. The molecular formula is C12H12O4. The molecule has 0 unspecified atom stereocenters. The fourth-order valence-electron chi connectivity index (χ4n) is 1.21. The minimum absolute atomic E-state index is 0.270. The summed E-state index contributed by atoms with van der Waals surface area (Å²) in [6.07, 6.45) is 3.10. The van der Waals surface area contributed by atoms with Crippen LogP contribution in [0.15, 0.2) is 12.1 Å². The number of hydrogen-bond donors (Lipinski definition) is 0. The standard InChI is InChI=1S/C12H12O4/c1-4-7-16-11-9(8-13)5-6-10(14-2)12(11)15-3/h5-6,8H,1-3H3. The lowest BCUT2D eigenvalue weighted by Gasteiger charge is -2.11. The molecule has 0 aliphatic carbocycles. The molecule has 0 spiro atoms. The average Bonchev–Trinajstić information content (AvgIpc) is 2.34. The van der Waals surface area contributed by atoms with Gasteiger partial charge >= 0.3 is 0 Å². The smallest absolute Gasteiger partial charge is 0.205 e. The van der Waals surface area contributed by atoms with Crippen LogP contribution in [0.5, 0.6) is 17.2 Å². The van der Waals surface area contributed by atoms with Crippen LogP contribution in [0.4, 0.5) is 0 Å². The lowest BCUT2D eigenvalue weighted by molar-refractivity contribution is 0.112. The lowest BCUT2D eigenvalue weighted by atomic mass is 10.2. The predicted molar refractivity (Wildman–Crippen MR) is 59.0 cm³/mol. The van der Waals surface area contributed by atoms with Crippen molar-refractivity contribution in [2.45, 2.75) is 6.92 Å². The Labute approximate surface area is 94.1 Å². The van der Waals surface area contributed by atoms with Crippen LogP contribution in [0, 0.1) is 12.0 Å². The van der Waals surface area contributed by atoms with Gasteiger partial charge in [0.15, 0.2) is 17.8 Å². The van der Waals surface area contributed by atoms with Gasteiger partial charge in [-0.1, -0.05) is 5.92 Å². The van der Waals surface area contributed by atoms with Gasteiger partial charge in [0.1, 0.15) is 6.11 Å². The van der Waals surface area contributed by atoms with Gasteiger partial charge in [0.2, 0.25) is 5.75 Å². The summed E-state index contributed by atoms with van der Waals surface area (Å²) < 4.78 is 15.4. The number of rotatable bonds is 4. The van der Waals surface area contributed by atoms with Gasteiger partial charge in [-0.05, 0) is 12.1 Å². The Morgan fingerprint density at radius 1 is 1.19 bits per heavy atom. The maximum Gasteiger partial charge on any atom is 0.205 e. The Morgan fingerprint density at radius 3 is 2.44 bits per heavy atom. The highest BCUT2D eigenvalue weighted by atomic mass is 16.5. The van der Waals surface area contributed by atoms with Crippen LogP contribution in [0.1, 0.15) is 17.3 Å². The molecule has 0 saturated heterocycles. The Balaban J connectivity index is 3.33. The van der Waals surface area contributed by atoms with Crippen LogP contribution in [-0.2, 0) is 0 Å². The summed E-state index contributed by atoms with van der Waals surface area (Å²) in [5, 5.41) is 0. The summed E-state index contributed by atoms with van der Waals surface area (Å²) in [6.45, 7) is 1.63. The molecule has 1 aromatic carbocycles. The number of hydrogen-bond acceptors (Lipinski definition) is 4. The van der Waals surface area contributed by atoms with E-state index in [0.29, 0.717) is 23.3 Å². The van der Waals surface area contributed by atoms with Crippen molar-refractivity contribution in [1.29, 1.82) is 0 Å². The van der Waals surface area contributed by atoms with Crippen molar-refractivity contribution in [3.8, 4) is 29.3 Å². The molecule has 0 fully saturated rings. The van der Waals surface area contributed by atoms with Gasteiger partial charge in [-0.15, -0.1) is 0 Å². The first-order valence-corrected chi connectivity index (χ1v) is 4.57. The first-order chi connectivity index (χ1) is 7.78. The summed E-state index contributed by atoms with van der Waals surface area (Å²) >= 11 is 0. The molecule has 0 saturated carbocycles. The zero-order valence-corrected chi connectivity index (χ0v) is 9.37. The van der Waals surface area contributed by atoms with Crippen LogP contribution in [-0.4, -0.2) is 20.5 Å². The summed E-state index contributed by atoms with van der Waals surface area (Å²) in [4.78, 5) is 10.8. The summed E-state index contributed by atoms with van der Waals surface area (Å²) in [5.74, 6) is 3.68. The van der Waals surface area contributed by atoms with Crippen LogP contribution in [0.3, 0.4) is 0 Å². The topological polar surface area (TPSA) is 44.8 Å². The molecule has 4 heteroatoms. The highest BCUT2D eigenvalue weighted by molar-refractivity contribution is 5.82. The fraction of sp³-hybridized carbons (Fsp3) is 0.250. The molecule has 1 rings (SSSR count). The van der Waals surface area contributed by atoms with E-state index in [1.165, 1.54) is 14.2 Å². The van der Waals surface area contributed by atoms with Crippen molar-refractivity contribution in [1.82, 2.24) is 0 Å². The third-order valence-electron chi connectivity index (χ3n) is 1.91. The van der Waals surface area contributed by atoms with E-state index in [1.54, 1.807) is 19.1 Å². The second kappa shape index (κ2) is 5.66. The van der Waals surface area contributed by atoms with E-state index < -0.39 is 0 Å². The molecule has 1 aromatic rings. The molecule has 0 amide bonds. The van der Waals surface area contributed by atoms with Gasteiger partial charge in [0.05, 0.1) is 19.8 Å². The van der Waals surface area contributed by atoms with Crippen molar-refractivity contribution in [2.75, 3.05) is 14.2 Å².